The number of aryl methyl sites for hydroxylation is 2. The van der Waals surface area contributed by atoms with Crippen LogP contribution in [0.5, 0.6) is 0 Å². The summed E-state index contributed by atoms with van der Waals surface area (Å²) in [6.45, 7) is 7.66. The fourth-order valence-corrected chi connectivity index (χ4v) is 5.34. The van der Waals surface area contributed by atoms with Crippen LogP contribution < -0.4 is 4.90 Å². The molecule has 0 radical (unpaired) electrons. The van der Waals surface area contributed by atoms with Crippen molar-refractivity contribution in [2.24, 2.45) is 11.8 Å². The summed E-state index contributed by atoms with van der Waals surface area (Å²) in [5.41, 5.74) is 2.76. The molecule has 28 heavy (non-hydrogen) atoms. The van der Waals surface area contributed by atoms with E-state index in [1.54, 1.807) is 17.7 Å². The van der Waals surface area contributed by atoms with Gasteiger partial charge < -0.3 is 9.80 Å². The van der Waals surface area contributed by atoms with Crippen molar-refractivity contribution < 1.29 is 4.79 Å². The van der Waals surface area contributed by atoms with Crippen LogP contribution in [0.4, 0.5) is 5.82 Å². The van der Waals surface area contributed by atoms with E-state index >= 15 is 0 Å². The maximum atomic E-state index is 13.1. The lowest BCUT2D eigenvalue weighted by Crippen LogP contribution is -2.33. The topological polar surface area (TPSA) is 62.2 Å². The zero-order valence-electron chi connectivity index (χ0n) is 16.1. The lowest BCUT2D eigenvalue weighted by atomic mass is 10.0. The van der Waals surface area contributed by atoms with E-state index in [4.69, 9.17) is 0 Å². The van der Waals surface area contributed by atoms with Crippen molar-refractivity contribution in [1.82, 2.24) is 19.9 Å². The van der Waals surface area contributed by atoms with E-state index in [0.717, 1.165) is 64.9 Å². The van der Waals surface area contributed by atoms with Crippen LogP contribution in [-0.2, 0) is 6.42 Å². The van der Waals surface area contributed by atoms with Gasteiger partial charge in [-0.05, 0) is 31.5 Å². The molecule has 0 saturated carbocycles. The molecule has 1 amide bonds. The Morgan fingerprint density at radius 3 is 2.64 bits per heavy atom. The van der Waals surface area contributed by atoms with Crippen LogP contribution in [0.15, 0.2) is 30.6 Å². The number of likely N-dealkylation sites (tertiary alicyclic amines) is 1. The Labute approximate surface area is 168 Å². The molecular weight excluding hydrogens is 370 g/mol. The van der Waals surface area contributed by atoms with E-state index in [9.17, 15) is 4.79 Å². The third kappa shape index (κ3) is 3.03. The molecule has 4 heterocycles. The summed E-state index contributed by atoms with van der Waals surface area (Å²) in [4.78, 5) is 30.6. The smallest absolute Gasteiger partial charge is 0.253 e. The van der Waals surface area contributed by atoms with Crippen molar-refractivity contribution in [3.05, 3.63) is 46.9 Å². The fourth-order valence-electron chi connectivity index (χ4n) is 4.40. The van der Waals surface area contributed by atoms with Crippen LogP contribution in [0.3, 0.4) is 0 Å². The van der Waals surface area contributed by atoms with Gasteiger partial charge >= 0.3 is 0 Å². The lowest BCUT2D eigenvalue weighted by Gasteiger charge is -2.22. The second-order valence-corrected chi connectivity index (χ2v) is 8.91. The molecule has 0 spiro atoms. The molecule has 2 saturated heterocycles. The number of rotatable bonds is 3. The van der Waals surface area contributed by atoms with Crippen LogP contribution in [0.2, 0.25) is 0 Å². The highest BCUT2D eigenvalue weighted by Gasteiger charge is 2.42. The van der Waals surface area contributed by atoms with Gasteiger partial charge in [0.1, 0.15) is 12.1 Å². The second-order valence-electron chi connectivity index (χ2n) is 7.80. The third-order valence-corrected chi connectivity index (χ3v) is 7.03. The number of carbonyl (C=O) groups is 1. The first-order valence-electron chi connectivity index (χ1n) is 9.83. The third-order valence-electron chi connectivity index (χ3n) is 5.87. The summed E-state index contributed by atoms with van der Waals surface area (Å²) in [7, 11) is 0. The molecule has 7 heteroatoms. The van der Waals surface area contributed by atoms with Gasteiger partial charge in [-0.25, -0.2) is 15.0 Å². The Balaban J connectivity index is 1.29. The van der Waals surface area contributed by atoms with Crippen LogP contribution in [0, 0.1) is 18.8 Å². The fraction of sp³-hybridized carbons (Fsp3) is 0.429. The van der Waals surface area contributed by atoms with E-state index in [1.807, 2.05) is 36.1 Å². The summed E-state index contributed by atoms with van der Waals surface area (Å²) < 4.78 is 1.10. The average Bonchev–Trinajstić information content (AvgIpc) is 3.39. The number of hydrogen-bond acceptors (Lipinski definition) is 6. The van der Waals surface area contributed by atoms with Gasteiger partial charge in [0.15, 0.2) is 0 Å². The Hall–Kier alpha value is -2.54. The molecule has 2 aromatic heterocycles. The van der Waals surface area contributed by atoms with Gasteiger partial charge in [-0.1, -0.05) is 6.92 Å². The number of anilines is 1. The van der Waals surface area contributed by atoms with Crippen molar-refractivity contribution in [1.29, 1.82) is 0 Å². The SMILES string of the molecule is CCc1nc2ccc(C(=O)N3CC4CN(c5cc(C)ncn5)CC4C3)cc2s1. The predicted octanol–water partition coefficient (Wildman–Crippen LogP) is 3.17. The molecule has 6 nitrogen and oxygen atoms in total. The lowest BCUT2D eigenvalue weighted by molar-refractivity contribution is 0.0783. The largest absolute Gasteiger partial charge is 0.356 e. The predicted molar refractivity (Wildman–Crippen MR) is 111 cm³/mol. The number of thiazole rings is 1. The Bertz CT molecular complexity index is 1030. The molecule has 2 unspecified atom stereocenters. The van der Waals surface area contributed by atoms with E-state index in [2.05, 4.69) is 26.8 Å². The average molecular weight is 394 g/mol. The maximum absolute atomic E-state index is 13.1. The first kappa shape index (κ1) is 17.6. The van der Waals surface area contributed by atoms with Crippen LogP contribution in [-0.4, -0.2) is 51.9 Å². The number of carbonyl (C=O) groups excluding carboxylic acids is 1. The Morgan fingerprint density at radius 1 is 1.14 bits per heavy atom. The summed E-state index contributed by atoms with van der Waals surface area (Å²) in [5, 5.41) is 1.12. The molecule has 2 atom stereocenters. The van der Waals surface area contributed by atoms with Crippen LogP contribution >= 0.6 is 11.3 Å². The van der Waals surface area contributed by atoms with Gasteiger partial charge in [0.25, 0.3) is 5.91 Å². The minimum absolute atomic E-state index is 0.146. The van der Waals surface area contributed by atoms with Crippen LogP contribution in [0.1, 0.15) is 28.0 Å². The van der Waals surface area contributed by atoms with Gasteiger partial charge in [-0.2, -0.15) is 0 Å². The number of benzene rings is 1. The Kier molecular flexibility index (Phi) is 4.27. The normalized spacial score (nSPS) is 21.5. The van der Waals surface area contributed by atoms with E-state index in [-0.39, 0.29) is 5.91 Å². The van der Waals surface area contributed by atoms with E-state index < -0.39 is 0 Å². The number of hydrogen-bond donors (Lipinski definition) is 0. The molecule has 0 bridgehead atoms. The minimum atomic E-state index is 0.146. The van der Waals surface area contributed by atoms with Crippen molar-refractivity contribution in [2.75, 3.05) is 31.1 Å². The summed E-state index contributed by atoms with van der Waals surface area (Å²) >= 11 is 1.69. The zero-order valence-corrected chi connectivity index (χ0v) is 16.9. The summed E-state index contributed by atoms with van der Waals surface area (Å²) in [5.74, 6) is 2.17. The molecule has 2 fully saturated rings. The number of amides is 1. The highest BCUT2D eigenvalue weighted by atomic mass is 32.1. The maximum Gasteiger partial charge on any atom is 0.253 e. The molecule has 2 aliphatic heterocycles. The first-order chi connectivity index (χ1) is 13.6. The first-order valence-corrected chi connectivity index (χ1v) is 10.6. The monoisotopic (exact) mass is 393 g/mol. The second kappa shape index (κ2) is 6.81. The van der Waals surface area contributed by atoms with Crippen molar-refractivity contribution in [3.63, 3.8) is 0 Å². The quantitative estimate of drug-likeness (QED) is 0.684. The number of aromatic nitrogens is 3. The molecule has 144 valence electrons. The van der Waals surface area contributed by atoms with Gasteiger partial charge in [0, 0.05) is 55.3 Å². The Morgan fingerprint density at radius 2 is 1.93 bits per heavy atom. The number of nitrogens with zero attached hydrogens (tertiary/aromatic N) is 5. The van der Waals surface area contributed by atoms with Gasteiger partial charge in [0.2, 0.25) is 0 Å². The molecule has 5 rings (SSSR count). The summed E-state index contributed by atoms with van der Waals surface area (Å²) in [6, 6.07) is 7.96. The van der Waals surface area contributed by atoms with Gasteiger partial charge in [-0.3, -0.25) is 4.79 Å². The summed E-state index contributed by atoms with van der Waals surface area (Å²) in [6.07, 6.45) is 2.56. The molecule has 2 aliphatic rings. The highest BCUT2D eigenvalue weighted by Crippen LogP contribution is 2.34. The van der Waals surface area contributed by atoms with Gasteiger partial charge in [-0.15, -0.1) is 11.3 Å². The molecule has 0 aliphatic carbocycles. The highest BCUT2D eigenvalue weighted by molar-refractivity contribution is 7.18. The number of fused-ring (bicyclic) bond motifs is 2. The molecule has 0 N–H and O–H groups in total. The van der Waals surface area contributed by atoms with Crippen LogP contribution in [0.25, 0.3) is 10.2 Å². The van der Waals surface area contributed by atoms with Crippen molar-refractivity contribution >= 4 is 33.3 Å². The molecular formula is C21H23N5OS. The van der Waals surface area contributed by atoms with Crippen molar-refractivity contribution in [2.45, 2.75) is 20.3 Å². The minimum Gasteiger partial charge on any atom is -0.356 e. The van der Waals surface area contributed by atoms with E-state index in [0.29, 0.717) is 11.8 Å². The zero-order chi connectivity index (χ0) is 19.3. The molecule has 1 aromatic carbocycles. The van der Waals surface area contributed by atoms with Gasteiger partial charge in [0.05, 0.1) is 15.2 Å². The standard InChI is InChI=1S/C21H23N5OS/c1-3-20-24-17-5-4-14(7-18(17)28-20)21(27)26-10-15-8-25(9-16(15)11-26)19-6-13(2)22-12-23-19/h4-7,12,15-16H,3,8-11H2,1-2H3. The molecule has 3 aromatic rings. The van der Waals surface area contributed by atoms with E-state index in [1.165, 1.54) is 0 Å². The van der Waals surface area contributed by atoms with Crippen molar-refractivity contribution in [3.8, 4) is 0 Å².